The summed E-state index contributed by atoms with van der Waals surface area (Å²) in [5, 5.41) is 4.25. The highest BCUT2D eigenvalue weighted by atomic mass is 32.1. The molecular formula is C18H23N3O2S. The first kappa shape index (κ1) is 15.0. The zero-order valence-electron chi connectivity index (χ0n) is 13.8. The Labute approximate surface area is 145 Å². The van der Waals surface area contributed by atoms with Crippen molar-refractivity contribution < 1.29 is 4.74 Å². The molecule has 0 radical (unpaired) electrons. The minimum atomic E-state index is 0.0231. The van der Waals surface area contributed by atoms with Crippen molar-refractivity contribution in [3.63, 3.8) is 0 Å². The highest BCUT2D eigenvalue weighted by molar-refractivity contribution is 7.18. The van der Waals surface area contributed by atoms with Crippen molar-refractivity contribution in [2.24, 2.45) is 0 Å². The lowest BCUT2D eigenvalue weighted by atomic mass is 9.82. The topological polar surface area (TPSA) is 56.2 Å². The number of ether oxygens (including phenoxy) is 1. The number of fused-ring (bicyclic) bond motifs is 3. The molecule has 2 aromatic heterocycles. The Morgan fingerprint density at radius 2 is 2.21 bits per heavy atom. The molecule has 1 atom stereocenters. The molecule has 2 fully saturated rings. The Hall–Kier alpha value is -1.24. The van der Waals surface area contributed by atoms with Crippen molar-refractivity contribution in [1.29, 1.82) is 0 Å². The van der Waals surface area contributed by atoms with Crippen LogP contribution in [0.1, 0.15) is 55.0 Å². The van der Waals surface area contributed by atoms with Gasteiger partial charge in [0.25, 0.3) is 5.56 Å². The maximum atomic E-state index is 13.2. The van der Waals surface area contributed by atoms with E-state index in [0.29, 0.717) is 6.61 Å². The quantitative estimate of drug-likeness (QED) is 0.863. The van der Waals surface area contributed by atoms with Crippen LogP contribution in [0, 0.1) is 0 Å². The summed E-state index contributed by atoms with van der Waals surface area (Å²) < 4.78 is 8.08. The predicted molar refractivity (Wildman–Crippen MR) is 94.7 cm³/mol. The van der Waals surface area contributed by atoms with Crippen LogP contribution >= 0.6 is 11.3 Å². The van der Waals surface area contributed by atoms with Crippen molar-refractivity contribution in [1.82, 2.24) is 14.9 Å². The van der Waals surface area contributed by atoms with Crippen molar-refractivity contribution in [3.05, 3.63) is 27.1 Å². The van der Waals surface area contributed by atoms with Gasteiger partial charge in [-0.1, -0.05) is 19.3 Å². The molecule has 1 saturated heterocycles. The van der Waals surface area contributed by atoms with E-state index in [1.807, 2.05) is 4.57 Å². The third-order valence-corrected chi connectivity index (χ3v) is 7.14. The fraction of sp³-hybridized carbons (Fsp3) is 0.667. The molecule has 0 unspecified atom stereocenters. The number of nitrogens with zero attached hydrogens (tertiary/aromatic N) is 2. The third kappa shape index (κ3) is 2.27. The molecule has 0 bridgehead atoms. The highest BCUT2D eigenvalue weighted by Crippen LogP contribution is 2.43. The number of rotatable bonds is 1. The zero-order chi connectivity index (χ0) is 16.1. The summed E-state index contributed by atoms with van der Waals surface area (Å²) >= 11 is 1.67. The van der Waals surface area contributed by atoms with E-state index in [4.69, 9.17) is 4.74 Å². The molecule has 3 aliphatic rings. The molecule has 0 aromatic carbocycles. The first-order valence-electron chi connectivity index (χ1n) is 9.12. The van der Waals surface area contributed by atoms with E-state index in [0.717, 1.165) is 49.0 Å². The zero-order valence-corrected chi connectivity index (χ0v) is 14.7. The van der Waals surface area contributed by atoms with Crippen molar-refractivity contribution in [3.8, 4) is 0 Å². The number of nitrogens with one attached hydrogen (secondary N) is 1. The summed E-state index contributed by atoms with van der Waals surface area (Å²) in [6.45, 7) is 2.47. The SMILES string of the molecule is O=c1c2c3c(sc2ncn1[C@H]1COC2(CCCCC2)C1)CNCC3. The van der Waals surface area contributed by atoms with Gasteiger partial charge in [0, 0.05) is 11.4 Å². The number of aromatic nitrogens is 2. The monoisotopic (exact) mass is 345 g/mol. The number of hydrogen-bond donors (Lipinski definition) is 1. The summed E-state index contributed by atoms with van der Waals surface area (Å²) in [6.07, 6.45) is 9.78. The second-order valence-corrected chi connectivity index (χ2v) is 8.56. The fourth-order valence-corrected chi connectivity index (χ4v) is 5.88. The largest absolute Gasteiger partial charge is 0.373 e. The van der Waals surface area contributed by atoms with Crippen LogP contribution in [0.15, 0.2) is 11.1 Å². The minimum absolute atomic E-state index is 0.0231. The van der Waals surface area contributed by atoms with Crippen LogP contribution in [-0.4, -0.2) is 28.3 Å². The van der Waals surface area contributed by atoms with Gasteiger partial charge < -0.3 is 10.1 Å². The predicted octanol–water partition coefficient (Wildman–Crippen LogP) is 2.77. The Balaban J connectivity index is 1.54. The molecule has 2 aliphatic heterocycles. The van der Waals surface area contributed by atoms with Crippen LogP contribution in [0.4, 0.5) is 0 Å². The molecular weight excluding hydrogens is 322 g/mol. The second-order valence-electron chi connectivity index (χ2n) is 7.48. The van der Waals surface area contributed by atoms with Crippen LogP contribution in [0.25, 0.3) is 10.2 Å². The lowest BCUT2D eigenvalue weighted by molar-refractivity contribution is -0.0248. The van der Waals surface area contributed by atoms with Crippen molar-refractivity contribution >= 4 is 21.6 Å². The molecule has 0 amide bonds. The first-order valence-corrected chi connectivity index (χ1v) is 9.93. The van der Waals surface area contributed by atoms with Crippen molar-refractivity contribution in [2.75, 3.05) is 13.2 Å². The molecule has 1 N–H and O–H groups in total. The van der Waals surface area contributed by atoms with E-state index in [1.165, 1.54) is 29.7 Å². The van der Waals surface area contributed by atoms with Crippen LogP contribution < -0.4 is 10.9 Å². The standard InChI is InChI=1S/C18H23N3O2S/c22-17-15-13-4-7-19-9-14(13)24-16(15)20-11-21(17)12-8-18(23-10-12)5-2-1-3-6-18/h11-12,19H,1-10H2/t12-/m1/s1. The minimum Gasteiger partial charge on any atom is -0.373 e. The lowest BCUT2D eigenvalue weighted by Gasteiger charge is -2.32. The highest BCUT2D eigenvalue weighted by Gasteiger charge is 2.42. The molecule has 1 spiro atoms. The van der Waals surface area contributed by atoms with Gasteiger partial charge in [-0.2, -0.15) is 0 Å². The average molecular weight is 345 g/mol. The Kier molecular flexibility index (Phi) is 3.54. The number of hydrogen-bond acceptors (Lipinski definition) is 5. The van der Waals surface area contributed by atoms with Gasteiger partial charge in [0.15, 0.2) is 0 Å². The van der Waals surface area contributed by atoms with Gasteiger partial charge in [0.2, 0.25) is 0 Å². The smallest absolute Gasteiger partial charge is 0.262 e. The molecule has 4 heterocycles. The summed E-state index contributed by atoms with van der Waals surface area (Å²) in [5.41, 5.74) is 1.39. The summed E-state index contributed by atoms with van der Waals surface area (Å²) in [5.74, 6) is 0. The van der Waals surface area contributed by atoms with Crippen LogP contribution in [-0.2, 0) is 17.7 Å². The van der Waals surface area contributed by atoms with E-state index >= 15 is 0 Å². The van der Waals surface area contributed by atoms with Crippen LogP contribution in [0.3, 0.4) is 0 Å². The fourth-order valence-electron chi connectivity index (χ4n) is 4.73. The summed E-state index contributed by atoms with van der Waals surface area (Å²) in [7, 11) is 0. The third-order valence-electron chi connectivity index (χ3n) is 6.00. The van der Waals surface area contributed by atoms with Crippen molar-refractivity contribution in [2.45, 2.75) is 63.1 Å². The maximum Gasteiger partial charge on any atom is 0.262 e. The van der Waals surface area contributed by atoms with Crippen LogP contribution in [0.5, 0.6) is 0 Å². The molecule has 24 heavy (non-hydrogen) atoms. The first-order chi connectivity index (χ1) is 11.8. The van der Waals surface area contributed by atoms with E-state index in [9.17, 15) is 4.79 Å². The molecule has 1 saturated carbocycles. The normalized spacial score (nSPS) is 26.1. The van der Waals surface area contributed by atoms with Gasteiger partial charge in [-0.25, -0.2) is 4.98 Å². The van der Waals surface area contributed by atoms with Crippen LogP contribution in [0.2, 0.25) is 0 Å². The van der Waals surface area contributed by atoms with E-state index < -0.39 is 0 Å². The molecule has 6 heteroatoms. The Morgan fingerprint density at radius 3 is 3.08 bits per heavy atom. The average Bonchev–Trinajstić information content (AvgIpc) is 3.18. The van der Waals surface area contributed by atoms with Gasteiger partial charge in [-0.05, 0) is 37.8 Å². The molecule has 1 aliphatic carbocycles. The van der Waals surface area contributed by atoms with Gasteiger partial charge in [-0.15, -0.1) is 11.3 Å². The van der Waals surface area contributed by atoms with Gasteiger partial charge >= 0.3 is 0 Å². The van der Waals surface area contributed by atoms with Gasteiger partial charge in [-0.3, -0.25) is 9.36 Å². The maximum absolute atomic E-state index is 13.2. The Bertz CT molecular complexity index is 835. The van der Waals surface area contributed by atoms with Gasteiger partial charge in [0.05, 0.1) is 30.0 Å². The summed E-state index contributed by atoms with van der Waals surface area (Å²) in [4.78, 5) is 20.0. The molecule has 5 rings (SSSR count). The van der Waals surface area contributed by atoms with E-state index in [2.05, 4.69) is 10.3 Å². The summed E-state index contributed by atoms with van der Waals surface area (Å²) in [6, 6.07) is 0.143. The molecule has 128 valence electrons. The number of thiophene rings is 1. The van der Waals surface area contributed by atoms with E-state index in [-0.39, 0.29) is 17.2 Å². The Morgan fingerprint density at radius 1 is 1.33 bits per heavy atom. The van der Waals surface area contributed by atoms with E-state index in [1.54, 1.807) is 17.7 Å². The van der Waals surface area contributed by atoms with Gasteiger partial charge in [0.1, 0.15) is 4.83 Å². The second kappa shape index (κ2) is 5.64. The lowest BCUT2D eigenvalue weighted by Crippen LogP contribution is -2.31. The molecule has 5 nitrogen and oxygen atoms in total. The molecule has 2 aromatic rings.